The van der Waals surface area contributed by atoms with E-state index in [1.165, 1.54) is 21.7 Å². The standard InChI is InChI=1S/C15H17OP/c1-11-5-4-6-15(12(11)2)17-14-9-7-13(16-3)8-10-14/h4-10,17H,1-3H3. The van der Waals surface area contributed by atoms with Gasteiger partial charge in [-0.05, 0) is 47.7 Å². The Hall–Kier alpha value is -1.33. The van der Waals surface area contributed by atoms with E-state index in [0.717, 1.165) is 5.75 Å². The van der Waals surface area contributed by atoms with Crippen molar-refractivity contribution in [1.82, 2.24) is 0 Å². The molecule has 1 nitrogen and oxygen atoms in total. The Bertz CT molecular complexity index is 503. The molecule has 0 aliphatic carbocycles. The number of hydrogen-bond donors (Lipinski definition) is 0. The molecular weight excluding hydrogens is 227 g/mol. The van der Waals surface area contributed by atoms with Crippen molar-refractivity contribution in [3.05, 3.63) is 53.6 Å². The minimum absolute atomic E-state index is 0.714. The van der Waals surface area contributed by atoms with Crippen molar-refractivity contribution in [1.29, 1.82) is 0 Å². The second kappa shape index (κ2) is 5.33. The van der Waals surface area contributed by atoms with Crippen LogP contribution in [0.5, 0.6) is 5.75 Å². The van der Waals surface area contributed by atoms with Gasteiger partial charge in [-0.15, -0.1) is 0 Å². The molecule has 0 fully saturated rings. The highest BCUT2D eigenvalue weighted by Gasteiger charge is 2.02. The monoisotopic (exact) mass is 244 g/mol. The number of benzene rings is 2. The van der Waals surface area contributed by atoms with Crippen LogP contribution in [-0.2, 0) is 0 Å². The first-order valence-electron chi connectivity index (χ1n) is 5.68. The van der Waals surface area contributed by atoms with Gasteiger partial charge in [-0.1, -0.05) is 38.9 Å². The number of hydrogen-bond acceptors (Lipinski definition) is 1. The Morgan fingerprint density at radius 3 is 2.29 bits per heavy atom. The van der Waals surface area contributed by atoms with E-state index in [2.05, 4.69) is 44.2 Å². The largest absolute Gasteiger partial charge is 0.497 e. The van der Waals surface area contributed by atoms with E-state index in [-0.39, 0.29) is 0 Å². The number of ether oxygens (including phenoxy) is 1. The van der Waals surface area contributed by atoms with Crippen LogP contribution in [0.1, 0.15) is 11.1 Å². The quantitative estimate of drug-likeness (QED) is 0.754. The van der Waals surface area contributed by atoms with E-state index in [1.807, 2.05) is 12.1 Å². The van der Waals surface area contributed by atoms with Gasteiger partial charge in [-0.3, -0.25) is 0 Å². The molecule has 0 aromatic heterocycles. The summed E-state index contributed by atoms with van der Waals surface area (Å²) in [5, 5.41) is 2.77. The number of aryl methyl sites for hydroxylation is 1. The van der Waals surface area contributed by atoms with Gasteiger partial charge in [0.15, 0.2) is 0 Å². The van der Waals surface area contributed by atoms with Gasteiger partial charge in [-0.2, -0.15) is 0 Å². The summed E-state index contributed by atoms with van der Waals surface area (Å²) in [4.78, 5) is 0. The van der Waals surface area contributed by atoms with E-state index < -0.39 is 0 Å². The van der Waals surface area contributed by atoms with Gasteiger partial charge >= 0.3 is 0 Å². The fraction of sp³-hybridized carbons (Fsp3) is 0.200. The molecule has 0 radical (unpaired) electrons. The molecule has 0 saturated heterocycles. The first-order chi connectivity index (χ1) is 8.20. The summed E-state index contributed by atoms with van der Waals surface area (Å²) in [6.07, 6.45) is 0. The molecule has 2 heteroatoms. The van der Waals surface area contributed by atoms with Crippen molar-refractivity contribution in [3.63, 3.8) is 0 Å². The highest BCUT2D eigenvalue weighted by atomic mass is 31.1. The maximum atomic E-state index is 5.17. The van der Waals surface area contributed by atoms with E-state index in [1.54, 1.807) is 7.11 Å². The SMILES string of the molecule is COc1ccc(Pc2cccc(C)c2C)cc1. The molecule has 0 saturated carbocycles. The summed E-state index contributed by atoms with van der Waals surface area (Å²) in [6, 6.07) is 14.8. The van der Waals surface area contributed by atoms with E-state index in [0.29, 0.717) is 8.58 Å². The van der Waals surface area contributed by atoms with Crippen molar-refractivity contribution >= 4 is 19.2 Å². The molecule has 1 unspecified atom stereocenters. The van der Waals surface area contributed by atoms with E-state index in [4.69, 9.17) is 4.74 Å². The smallest absolute Gasteiger partial charge is 0.118 e. The van der Waals surface area contributed by atoms with Gasteiger partial charge in [0, 0.05) is 0 Å². The molecule has 0 aliphatic rings. The Labute approximate surface area is 105 Å². The van der Waals surface area contributed by atoms with Crippen molar-refractivity contribution in [3.8, 4) is 5.75 Å². The zero-order valence-corrected chi connectivity index (χ0v) is 11.4. The lowest BCUT2D eigenvalue weighted by Gasteiger charge is -2.09. The van der Waals surface area contributed by atoms with Crippen LogP contribution in [0.25, 0.3) is 0 Å². The maximum Gasteiger partial charge on any atom is 0.118 e. The molecule has 0 N–H and O–H groups in total. The van der Waals surface area contributed by atoms with Gasteiger partial charge in [0.25, 0.3) is 0 Å². The first-order valence-corrected chi connectivity index (χ1v) is 6.68. The molecule has 2 aromatic rings. The number of methoxy groups -OCH3 is 1. The molecule has 1 atom stereocenters. The molecule has 0 aliphatic heterocycles. The minimum Gasteiger partial charge on any atom is -0.497 e. The lowest BCUT2D eigenvalue weighted by atomic mass is 10.1. The summed E-state index contributed by atoms with van der Waals surface area (Å²) >= 11 is 0. The second-order valence-corrected chi connectivity index (χ2v) is 5.47. The highest BCUT2D eigenvalue weighted by Crippen LogP contribution is 2.17. The van der Waals surface area contributed by atoms with Crippen LogP contribution in [0.3, 0.4) is 0 Å². The van der Waals surface area contributed by atoms with Crippen LogP contribution in [0.4, 0.5) is 0 Å². The van der Waals surface area contributed by atoms with Crippen LogP contribution in [0.15, 0.2) is 42.5 Å². The van der Waals surface area contributed by atoms with Crippen molar-refractivity contribution < 1.29 is 4.74 Å². The minimum atomic E-state index is 0.714. The van der Waals surface area contributed by atoms with Gasteiger partial charge < -0.3 is 4.74 Å². The number of rotatable bonds is 3. The Balaban J connectivity index is 2.22. The topological polar surface area (TPSA) is 9.23 Å². The maximum absolute atomic E-state index is 5.17. The molecule has 17 heavy (non-hydrogen) atoms. The predicted octanol–water partition coefficient (Wildman–Crippen LogP) is 2.94. The summed E-state index contributed by atoms with van der Waals surface area (Å²) in [5.74, 6) is 0.916. The van der Waals surface area contributed by atoms with Gasteiger partial charge in [0.2, 0.25) is 0 Å². The Morgan fingerprint density at radius 1 is 0.941 bits per heavy atom. The Kier molecular flexibility index (Phi) is 3.81. The van der Waals surface area contributed by atoms with Crippen molar-refractivity contribution in [2.24, 2.45) is 0 Å². The normalized spacial score (nSPS) is 11.0. The zero-order valence-electron chi connectivity index (χ0n) is 10.4. The Morgan fingerprint density at radius 2 is 1.65 bits per heavy atom. The molecule has 2 aromatic carbocycles. The van der Waals surface area contributed by atoms with Crippen LogP contribution in [0.2, 0.25) is 0 Å². The summed E-state index contributed by atoms with van der Waals surface area (Å²) < 4.78 is 5.17. The molecule has 2 rings (SSSR count). The summed E-state index contributed by atoms with van der Waals surface area (Å²) in [5.41, 5.74) is 2.77. The third kappa shape index (κ3) is 2.87. The van der Waals surface area contributed by atoms with E-state index >= 15 is 0 Å². The van der Waals surface area contributed by atoms with Gasteiger partial charge in [0.1, 0.15) is 5.75 Å². The molecular formula is C15H17OP. The lowest BCUT2D eigenvalue weighted by Crippen LogP contribution is -2.07. The van der Waals surface area contributed by atoms with Crippen LogP contribution in [-0.4, -0.2) is 7.11 Å². The summed E-state index contributed by atoms with van der Waals surface area (Å²) in [7, 11) is 2.41. The second-order valence-electron chi connectivity index (χ2n) is 4.10. The average Bonchev–Trinajstić information content (AvgIpc) is 2.36. The van der Waals surface area contributed by atoms with Crippen molar-refractivity contribution in [2.45, 2.75) is 13.8 Å². The molecule has 0 amide bonds. The highest BCUT2D eigenvalue weighted by molar-refractivity contribution is 7.55. The summed E-state index contributed by atoms with van der Waals surface area (Å²) in [6.45, 7) is 4.36. The van der Waals surface area contributed by atoms with Crippen LogP contribution < -0.4 is 15.3 Å². The third-order valence-corrected chi connectivity index (χ3v) is 4.41. The third-order valence-electron chi connectivity index (χ3n) is 2.97. The fourth-order valence-corrected chi connectivity index (χ4v) is 2.92. The van der Waals surface area contributed by atoms with Crippen LogP contribution >= 0.6 is 8.58 Å². The van der Waals surface area contributed by atoms with Crippen LogP contribution in [0, 0.1) is 13.8 Å². The van der Waals surface area contributed by atoms with Crippen molar-refractivity contribution in [2.75, 3.05) is 7.11 Å². The molecule has 0 spiro atoms. The first kappa shape index (κ1) is 12.1. The van der Waals surface area contributed by atoms with Gasteiger partial charge in [0.05, 0.1) is 7.11 Å². The average molecular weight is 244 g/mol. The predicted molar refractivity (Wildman–Crippen MR) is 76.5 cm³/mol. The fourth-order valence-electron chi connectivity index (χ4n) is 1.72. The lowest BCUT2D eigenvalue weighted by molar-refractivity contribution is 0.415. The van der Waals surface area contributed by atoms with E-state index in [9.17, 15) is 0 Å². The van der Waals surface area contributed by atoms with Gasteiger partial charge in [-0.25, -0.2) is 0 Å². The molecule has 88 valence electrons. The molecule has 0 heterocycles. The zero-order chi connectivity index (χ0) is 12.3. The molecule has 0 bridgehead atoms.